The Morgan fingerprint density at radius 3 is 2.79 bits per heavy atom. The van der Waals surface area contributed by atoms with Crippen molar-refractivity contribution in [3.8, 4) is 0 Å². The number of anilines is 2. The van der Waals surface area contributed by atoms with Gasteiger partial charge in [-0.05, 0) is 35.8 Å². The van der Waals surface area contributed by atoms with E-state index in [0.717, 1.165) is 0 Å². The summed E-state index contributed by atoms with van der Waals surface area (Å²) in [7, 11) is 0. The van der Waals surface area contributed by atoms with Crippen LogP contribution < -0.4 is 5.32 Å². The maximum absolute atomic E-state index is 11.2. The number of carbonyl (C=O) groups is 1. The zero-order valence-corrected chi connectivity index (χ0v) is 12.0. The van der Waals surface area contributed by atoms with Gasteiger partial charge in [0.05, 0.1) is 11.9 Å². The Hall–Kier alpha value is -1.89. The maximum atomic E-state index is 11.2. The zero-order chi connectivity index (χ0) is 14.0. The third-order valence-corrected chi connectivity index (χ3v) is 2.91. The lowest BCUT2D eigenvalue weighted by atomic mass is 10.2. The summed E-state index contributed by atoms with van der Waals surface area (Å²) in [5.74, 6) is -0.744. The number of aromatic nitrogens is 3. The summed E-state index contributed by atoms with van der Waals surface area (Å²) in [6.45, 7) is 4.02. The Bertz CT molecular complexity index is 610. The predicted octanol–water partition coefficient (Wildman–Crippen LogP) is 3.06. The Labute approximate surface area is 118 Å². The molecule has 0 aromatic carbocycles. The van der Waals surface area contributed by atoms with E-state index >= 15 is 0 Å². The molecule has 2 heterocycles. The Morgan fingerprint density at radius 2 is 2.21 bits per heavy atom. The number of hydrogen-bond acceptors (Lipinski definition) is 4. The minimum absolute atomic E-state index is 0.103. The fourth-order valence-electron chi connectivity index (χ4n) is 1.52. The molecule has 6 nitrogen and oxygen atoms in total. The lowest BCUT2D eigenvalue weighted by molar-refractivity contribution is 0.0697. The molecule has 0 aliphatic heterocycles. The molecule has 0 unspecified atom stereocenters. The lowest BCUT2D eigenvalue weighted by Crippen LogP contribution is -2.04. The number of aromatic carboxylic acids is 1. The normalized spacial score (nSPS) is 10.7. The fourth-order valence-corrected chi connectivity index (χ4v) is 1.85. The van der Waals surface area contributed by atoms with Crippen LogP contribution in [0, 0.1) is 0 Å². The Balaban J connectivity index is 2.29. The third-order valence-electron chi connectivity index (χ3n) is 2.48. The molecular formula is C12H13BrN4O2. The number of hydrogen-bond donors (Lipinski definition) is 2. The molecule has 0 fully saturated rings. The molecule has 2 aromatic rings. The zero-order valence-electron chi connectivity index (χ0n) is 10.5. The highest BCUT2D eigenvalue weighted by molar-refractivity contribution is 9.10. The van der Waals surface area contributed by atoms with E-state index in [1.807, 2.05) is 13.8 Å². The molecule has 19 heavy (non-hydrogen) atoms. The SMILES string of the molecule is CC(C)n1cc(Nc2ncc(Br)cc2C(=O)O)cn1. The van der Waals surface area contributed by atoms with Gasteiger partial charge in [0.15, 0.2) is 0 Å². The molecule has 0 atom stereocenters. The summed E-state index contributed by atoms with van der Waals surface area (Å²) in [5, 5.41) is 16.3. The molecule has 0 saturated carbocycles. The van der Waals surface area contributed by atoms with E-state index in [2.05, 4.69) is 31.3 Å². The van der Waals surface area contributed by atoms with Crippen molar-refractivity contribution >= 4 is 33.4 Å². The standard InChI is InChI=1S/C12H13BrN4O2/c1-7(2)17-6-9(5-15-17)16-11-10(12(18)19)3-8(13)4-14-11/h3-7H,1-2H3,(H,14,16)(H,18,19). The number of carboxylic acid groups (broad SMARTS) is 1. The second kappa shape index (κ2) is 5.40. The Kier molecular flexibility index (Phi) is 3.84. The molecular weight excluding hydrogens is 312 g/mol. The van der Waals surface area contributed by atoms with Gasteiger partial charge in [0.25, 0.3) is 0 Å². The molecule has 7 heteroatoms. The van der Waals surface area contributed by atoms with Crippen molar-refractivity contribution in [1.82, 2.24) is 14.8 Å². The summed E-state index contributed by atoms with van der Waals surface area (Å²) in [6, 6.07) is 1.75. The summed E-state index contributed by atoms with van der Waals surface area (Å²) >= 11 is 3.20. The largest absolute Gasteiger partial charge is 0.478 e. The van der Waals surface area contributed by atoms with Crippen molar-refractivity contribution in [2.45, 2.75) is 19.9 Å². The molecule has 0 bridgehead atoms. The molecule has 0 aliphatic carbocycles. The van der Waals surface area contributed by atoms with Crippen LogP contribution in [-0.4, -0.2) is 25.8 Å². The number of nitrogens with zero attached hydrogens (tertiary/aromatic N) is 3. The minimum atomic E-state index is -1.03. The van der Waals surface area contributed by atoms with Gasteiger partial charge in [0, 0.05) is 22.9 Å². The monoisotopic (exact) mass is 324 g/mol. The van der Waals surface area contributed by atoms with Crippen LogP contribution in [0.2, 0.25) is 0 Å². The van der Waals surface area contributed by atoms with Gasteiger partial charge in [0.2, 0.25) is 0 Å². The molecule has 2 aromatic heterocycles. The number of carboxylic acids is 1. The molecule has 0 radical (unpaired) electrons. The van der Waals surface area contributed by atoms with Crippen molar-refractivity contribution in [3.05, 3.63) is 34.7 Å². The van der Waals surface area contributed by atoms with Crippen molar-refractivity contribution in [1.29, 1.82) is 0 Å². The van der Waals surface area contributed by atoms with E-state index in [-0.39, 0.29) is 11.6 Å². The number of pyridine rings is 1. The van der Waals surface area contributed by atoms with Crippen LogP contribution in [0.5, 0.6) is 0 Å². The van der Waals surface area contributed by atoms with E-state index < -0.39 is 5.97 Å². The number of nitrogens with one attached hydrogen (secondary N) is 1. The first-order valence-electron chi connectivity index (χ1n) is 5.67. The van der Waals surface area contributed by atoms with E-state index in [4.69, 9.17) is 5.11 Å². The van der Waals surface area contributed by atoms with Crippen molar-refractivity contribution in [3.63, 3.8) is 0 Å². The highest BCUT2D eigenvalue weighted by Crippen LogP contribution is 2.22. The second-order valence-electron chi connectivity index (χ2n) is 4.28. The third kappa shape index (κ3) is 3.11. The van der Waals surface area contributed by atoms with Gasteiger partial charge >= 0.3 is 5.97 Å². The smallest absolute Gasteiger partial charge is 0.339 e. The number of halogens is 1. The van der Waals surface area contributed by atoms with E-state index in [0.29, 0.717) is 16.0 Å². The van der Waals surface area contributed by atoms with Crippen LogP contribution in [0.25, 0.3) is 0 Å². The van der Waals surface area contributed by atoms with Gasteiger partial charge in [-0.3, -0.25) is 4.68 Å². The topological polar surface area (TPSA) is 80.0 Å². The Morgan fingerprint density at radius 1 is 1.47 bits per heavy atom. The first-order chi connectivity index (χ1) is 8.97. The molecule has 0 aliphatic rings. The lowest BCUT2D eigenvalue weighted by Gasteiger charge is -2.07. The number of rotatable bonds is 4. The molecule has 0 amide bonds. The molecule has 0 spiro atoms. The van der Waals surface area contributed by atoms with Crippen molar-refractivity contribution in [2.75, 3.05) is 5.32 Å². The average molecular weight is 325 g/mol. The molecule has 2 N–H and O–H groups in total. The van der Waals surface area contributed by atoms with E-state index in [9.17, 15) is 4.79 Å². The van der Waals surface area contributed by atoms with Crippen molar-refractivity contribution < 1.29 is 9.90 Å². The van der Waals surface area contributed by atoms with E-state index in [1.54, 1.807) is 23.3 Å². The van der Waals surface area contributed by atoms with Crippen LogP contribution in [0.15, 0.2) is 29.1 Å². The molecule has 0 saturated heterocycles. The van der Waals surface area contributed by atoms with Crippen LogP contribution >= 0.6 is 15.9 Å². The summed E-state index contributed by atoms with van der Waals surface area (Å²) in [6.07, 6.45) is 4.98. The van der Waals surface area contributed by atoms with Crippen LogP contribution in [-0.2, 0) is 0 Å². The maximum Gasteiger partial charge on any atom is 0.339 e. The van der Waals surface area contributed by atoms with Gasteiger partial charge in [-0.1, -0.05) is 0 Å². The molecule has 100 valence electrons. The first-order valence-corrected chi connectivity index (χ1v) is 6.46. The van der Waals surface area contributed by atoms with E-state index in [1.165, 1.54) is 6.07 Å². The summed E-state index contributed by atoms with van der Waals surface area (Å²) in [4.78, 5) is 15.2. The minimum Gasteiger partial charge on any atom is -0.478 e. The van der Waals surface area contributed by atoms with Crippen molar-refractivity contribution in [2.24, 2.45) is 0 Å². The van der Waals surface area contributed by atoms with Gasteiger partial charge in [-0.2, -0.15) is 5.10 Å². The highest BCUT2D eigenvalue weighted by Gasteiger charge is 2.13. The summed E-state index contributed by atoms with van der Waals surface area (Å²) in [5.41, 5.74) is 0.803. The fraction of sp³-hybridized carbons (Fsp3) is 0.250. The van der Waals surface area contributed by atoms with Gasteiger partial charge in [-0.15, -0.1) is 0 Å². The second-order valence-corrected chi connectivity index (χ2v) is 5.20. The van der Waals surface area contributed by atoms with Crippen LogP contribution in [0.1, 0.15) is 30.2 Å². The predicted molar refractivity (Wildman–Crippen MR) is 74.8 cm³/mol. The first kappa shape index (κ1) is 13.5. The summed E-state index contributed by atoms with van der Waals surface area (Å²) < 4.78 is 2.40. The van der Waals surface area contributed by atoms with Gasteiger partial charge in [0.1, 0.15) is 11.4 Å². The highest BCUT2D eigenvalue weighted by atomic mass is 79.9. The van der Waals surface area contributed by atoms with Gasteiger partial charge in [-0.25, -0.2) is 9.78 Å². The van der Waals surface area contributed by atoms with Crippen LogP contribution in [0.3, 0.4) is 0 Å². The van der Waals surface area contributed by atoms with Crippen LogP contribution in [0.4, 0.5) is 11.5 Å². The average Bonchev–Trinajstić information content (AvgIpc) is 2.80. The molecule has 2 rings (SSSR count). The van der Waals surface area contributed by atoms with Gasteiger partial charge < -0.3 is 10.4 Å². The quantitative estimate of drug-likeness (QED) is 0.903.